The van der Waals surface area contributed by atoms with Gasteiger partial charge in [0.2, 0.25) is 17.7 Å². The van der Waals surface area contributed by atoms with Crippen LogP contribution in [-0.4, -0.2) is 67.4 Å². The average Bonchev–Trinajstić information content (AvgIpc) is 3.35. The lowest BCUT2D eigenvalue weighted by atomic mass is 10.1. The molecule has 1 aliphatic rings. The molecule has 1 aromatic heterocycles. The van der Waals surface area contributed by atoms with Crippen LogP contribution in [0.25, 0.3) is 10.1 Å². The van der Waals surface area contributed by atoms with E-state index in [0.29, 0.717) is 32.5 Å². The molecule has 1 atom stereocenters. The number of thiophene rings is 1. The number of hydrogen-bond acceptors (Lipinski definition) is 7. The highest BCUT2D eigenvalue weighted by molar-refractivity contribution is 7.19. The molecule has 0 saturated carbocycles. The van der Waals surface area contributed by atoms with Crippen LogP contribution in [0.5, 0.6) is 5.75 Å². The number of rotatable bonds is 5. The number of carbonyl (C=O) groups is 4. The fraction of sp³-hybridized carbons (Fsp3) is 0.379. The molecule has 12 heteroatoms. The largest absolute Gasteiger partial charge is 0.491 e. The predicted molar refractivity (Wildman–Crippen MR) is 154 cm³/mol. The summed E-state index contributed by atoms with van der Waals surface area (Å²) >= 11 is 1.70. The van der Waals surface area contributed by atoms with Crippen LogP contribution in [0.2, 0.25) is 0 Å². The highest BCUT2D eigenvalue weighted by Crippen LogP contribution is 2.26. The Bertz CT molecular complexity index is 1360. The maximum Gasteiger partial charge on any atom is 0.255 e. The van der Waals surface area contributed by atoms with E-state index in [9.17, 15) is 23.6 Å². The first kappa shape index (κ1) is 29.9. The molecular formula is C29H34FN5O5S. The molecule has 0 fully saturated rings. The van der Waals surface area contributed by atoms with Gasteiger partial charge in [0.05, 0.1) is 12.1 Å². The molecule has 41 heavy (non-hydrogen) atoms. The number of benzene rings is 2. The van der Waals surface area contributed by atoms with E-state index < -0.39 is 29.6 Å². The van der Waals surface area contributed by atoms with E-state index in [1.807, 2.05) is 12.1 Å². The maximum atomic E-state index is 14.0. The molecule has 0 saturated heterocycles. The number of nitrogens with one attached hydrogen (secondary N) is 3. The number of halogens is 1. The first-order valence-electron chi connectivity index (χ1n) is 13.5. The van der Waals surface area contributed by atoms with Crippen molar-refractivity contribution in [3.05, 3.63) is 64.8 Å². The van der Waals surface area contributed by atoms with Gasteiger partial charge in [-0.25, -0.2) is 4.39 Å². The summed E-state index contributed by atoms with van der Waals surface area (Å²) in [5.41, 5.74) is 5.19. The van der Waals surface area contributed by atoms with Gasteiger partial charge in [-0.2, -0.15) is 0 Å². The molecule has 2 heterocycles. The van der Waals surface area contributed by atoms with Crippen LogP contribution < -0.4 is 26.4 Å². The minimum atomic E-state index is -1.07. The van der Waals surface area contributed by atoms with Gasteiger partial charge in [-0.3, -0.25) is 24.1 Å². The molecule has 218 valence electrons. The van der Waals surface area contributed by atoms with Crippen molar-refractivity contribution in [1.29, 1.82) is 0 Å². The highest BCUT2D eigenvalue weighted by atomic mass is 32.1. The monoisotopic (exact) mass is 583 g/mol. The van der Waals surface area contributed by atoms with Gasteiger partial charge in [-0.1, -0.05) is 18.2 Å². The zero-order chi connectivity index (χ0) is 29.2. The molecule has 0 radical (unpaired) electrons. The lowest BCUT2D eigenvalue weighted by Gasteiger charge is -2.23. The average molecular weight is 584 g/mol. The van der Waals surface area contributed by atoms with E-state index in [1.165, 1.54) is 21.0 Å². The van der Waals surface area contributed by atoms with Crippen molar-refractivity contribution < 1.29 is 28.3 Å². The van der Waals surface area contributed by atoms with E-state index in [2.05, 4.69) is 39.0 Å². The number of hydrogen-bond donors (Lipinski definition) is 4. The van der Waals surface area contributed by atoms with Crippen LogP contribution in [-0.2, 0) is 20.9 Å². The summed E-state index contributed by atoms with van der Waals surface area (Å²) in [5.74, 6) is -2.52. The summed E-state index contributed by atoms with van der Waals surface area (Å²) in [4.78, 5) is 53.4. The molecule has 1 aliphatic heterocycles. The fourth-order valence-electron chi connectivity index (χ4n) is 4.57. The third-order valence-corrected chi connectivity index (χ3v) is 7.73. The van der Waals surface area contributed by atoms with Crippen LogP contribution >= 0.6 is 11.3 Å². The van der Waals surface area contributed by atoms with Gasteiger partial charge in [0.15, 0.2) is 0 Å². The molecule has 4 rings (SSSR count). The Morgan fingerprint density at radius 3 is 2.71 bits per heavy atom. The molecular weight excluding hydrogens is 549 g/mol. The van der Waals surface area contributed by atoms with Crippen LogP contribution in [0, 0.1) is 5.82 Å². The van der Waals surface area contributed by atoms with Crippen LogP contribution in [0.15, 0.2) is 48.5 Å². The zero-order valence-electron chi connectivity index (χ0n) is 22.6. The molecule has 4 amide bonds. The number of nitrogens with zero attached hydrogens (tertiary/aromatic N) is 1. The summed E-state index contributed by atoms with van der Waals surface area (Å²) in [6.07, 6.45) is 0.790. The van der Waals surface area contributed by atoms with E-state index in [0.717, 1.165) is 12.1 Å². The van der Waals surface area contributed by atoms with Crippen molar-refractivity contribution in [2.75, 3.05) is 32.8 Å². The minimum Gasteiger partial charge on any atom is -0.491 e. The van der Waals surface area contributed by atoms with Crippen molar-refractivity contribution in [3.8, 4) is 5.75 Å². The summed E-state index contributed by atoms with van der Waals surface area (Å²) in [6, 6.07) is 12.7. The second-order valence-electron chi connectivity index (χ2n) is 9.79. The molecule has 0 unspecified atom stereocenters. The quantitative estimate of drug-likeness (QED) is 0.363. The molecule has 0 bridgehead atoms. The van der Waals surface area contributed by atoms with Crippen LogP contribution in [0.1, 0.15) is 40.9 Å². The Hall–Kier alpha value is -4.03. The molecule has 2 aromatic carbocycles. The standard InChI is InChI=1S/C29H34FN5O5S/c30-20-7-9-24-22(17-20)28(38)34-23(8-10-26(31)36)29(39)33-11-14-35(13-3-6-27(37)32-12-15-40-24)18-21-16-19-4-1-2-5-25(19)41-21/h1-2,4-5,7,9,16-17,23H,3,6,8,10-15,18H2,(H2,31,36)(H,32,37)(H,33,39)(H,34,38)/t23-/m0/s1. The Kier molecular flexibility index (Phi) is 10.6. The second kappa shape index (κ2) is 14.6. The Labute approximate surface area is 241 Å². The molecule has 0 aliphatic carbocycles. The van der Waals surface area contributed by atoms with E-state index >= 15 is 0 Å². The van der Waals surface area contributed by atoms with E-state index in [1.54, 1.807) is 11.3 Å². The number of primary amides is 1. The number of carbonyl (C=O) groups excluding carboxylic acids is 4. The van der Waals surface area contributed by atoms with Gasteiger partial charge < -0.3 is 26.4 Å². The fourth-order valence-corrected chi connectivity index (χ4v) is 5.67. The van der Waals surface area contributed by atoms with Crippen molar-refractivity contribution in [1.82, 2.24) is 20.9 Å². The zero-order valence-corrected chi connectivity index (χ0v) is 23.4. The van der Waals surface area contributed by atoms with E-state index in [4.69, 9.17) is 10.5 Å². The highest BCUT2D eigenvalue weighted by Gasteiger charge is 2.24. The number of fused-ring (bicyclic) bond motifs is 2. The van der Waals surface area contributed by atoms with Gasteiger partial charge in [0.25, 0.3) is 5.91 Å². The van der Waals surface area contributed by atoms with Gasteiger partial charge in [0.1, 0.15) is 24.2 Å². The van der Waals surface area contributed by atoms with Gasteiger partial charge >= 0.3 is 0 Å². The van der Waals surface area contributed by atoms with Crippen molar-refractivity contribution >= 4 is 45.1 Å². The topological polar surface area (TPSA) is 143 Å². The van der Waals surface area contributed by atoms with Crippen LogP contribution in [0.3, 0.4) is 0 Å². The third-order valence-electron chi connectivity index (χ3n) is 6.63. The van der Waals surface area contributed by atoms with E-state index in [-0.39, 0.29) is 49.8 Å². The van der Waals surface area contributed by atoms with Gasteiger partial charge in [0, 0.05) is 42.1 Å². The van der Waals surface area contributed by atoms with Gasteiger partial charge in [-0.05, 0) is 55.1 Å². The molecule has 5 N–H and O–H groups in total. The Balaban J connectivity index is 1.50. The predicted octanol–water partition coefficient (Wildman–Crippen LogP) is 2.31. The SMILES string of the molecule is NC(=O)CC[C@@H]1NC(=O)c2cc(F)ccc2OCCNC(=O)CCCN(Cc2cc3ccccc3s2)CCNC1=O. The summed E-state index contributed by atoms with van der Waals surface area (Å²) in [6.45, 7) is 2.31. The Morgan fingerprint density at radius 2 is 1.90 bits per heavy atom. The number of nitrogens with two attached hydrogens (primary N) is 1. The van der Waals surface area contributed by atoms with Crippen LogP contribution in [0.4, 0.5) is 4.39 Å². The minimum absolute atomic E-state index is 0.0179. The smallest absolute Gasteiger partial charge is 0.255 e. The first-order valence-corrected chi connectivity index (χ1v) is 14.4. The summed E-state index contributed by atoms with van der Waals surface area (Å²) in [5, 5.41) is 9.41. The Morgan fingerprint density at radius 1 is 1.07 bits per heavy atom. The van der Waals surface area contributed by atoms with Crippen molar-refractivity contribution in [3.63, 3.8) is 0 Å². The lowest BCUT2D eigenvalue weighted by Crippen LogP contribution is -2.48. The van der Waals surface area contributed by atoms with Crippen molar-refractivity contribution in [2.24, 2.45) is 5.73 Å². The molecule has 0 spiro atoms. The molecule has 3 aromatic rings. The summed E-state index contributed by atoms with van der Waals surface area (Å²) < 4.78 is 20.9. The van der Waals surface area contributed by atoms with Crippen molar-refractivity contribution in [2.45, 2.75) is 38.3 Å². The first-order chi connectivity index (χ1) is 19.8. The van der Waals surface area contributed by atoms with Gasteiger partial charge in [-0.15, -0.1) is 11.3 Å². The maximum absolute atomic E-state index is 14.0. The third kappa shape index (κ3) is 8.98. The second-order valence-corrected chi connectivity index (χ2v) is 11.0. The summed E-state index contributed by atoms with van der Waals surface area (Å²) in [7, 11) is 0. The lowest BCUT2D eigenvalue weighted by molar-refractivity contribution is -0.123. The number of amides is 4. The number of ether oxygens (including phenoxy) is 1. The normalized spacial score (nSPS) is 18.3. The molecule has 10 nitrogen and oxygen atoms in total.